The van der Waals surface area contributed by atoms with Gasteiger partial charge in [-0.2, -0.15) is 0 Å². The van der Waals surface area contributed by atoms with E-state index in [9.17, 15) is 19.8 Å². The Morgan fingerprint density at radius 1 is 1.58 bits per heavy atom. The standard InChI is InChI=1S/C13H15NO4.Na/c1-6(15)9-10-7-4-2-3-5-8(7)11(13(17)18)14(10)12(9)16;/h3,5-7,9-10,15H,2,4H2,1H3,(H,17,18);/q;+1/p-1/t6-,7-,9-,10-;/m1./s1. The molecule has 0 aromatic heterocycles. The van der Waals surface area contributed by atoms with Crippen LogP contribution in [0.2, 0.25) is 0 Å². The third kappa shape index (κ3) is 1.91. The smallest absolute Gasteiger partial charge is 0.543 e. The second-order valence-electron chi connectivity index (χ2n) is 5.14. The summed E-state index contributed by atoms with van der Waals surface area (Å²) < 4.78 is 0. The minimum absolute atomic E-state index is 0. The van der Waals surface area contributed by atoms with Crippen LogP contribution in [0.25, 0.3) is 0 Å². The Bertz CT molecular complexity index is 497. The van der Waals surface area contributed by atoms with Gasteiger partial charge in [-0.3, -0.25) is 4.79 Å². The minimum Gasteiger partial charge on any atom is -0.543 e. The maximum atomic E-state index is 12.0. The molecule has 0 saturated carbocycles. The Kier molecular flexibility index (Phi) is 3.93. The summed E-state index contributed by atoms with van der Waals surface area (Å²) >= 11 is 0. The number of carbonyl (C=O) groups excluding carboxylic acids is 2. The number of carboxylic acids is 1. The van der Waals surface area contributed by atoms with Crippen molar-refractivity contribution in [2.75, 3.05) is 0 Å². The van der Waals surface area contributed by atoms with E-state index < -0.39 is 18.0 Å². The molecule has 0 aromatic rings. The molecule has 19 heavy (non-hydrogen) atoms. The number of aliphatic carboxylic acids is 1. The molecular formula is C13H14NNaO4. The molecule has 0 bridgehead atoms. The number of carbonyl (C=O) groups is 2. The van der Waals surface area contributed by atoms with Crippen LogP contribution in [-0.2, 0) is 9.59 Å². The van der Waals surface area contributed by atoms with Gasteiger partial charge in [0.1, 0.15) is 0 Å². The molecular weight excluding hydrogens is 257 g/mol. The number of hydrogen-bond donors (Lipinski definition) is 1. The third-order valence-electron chi connectivity index (χ3n) is 4.17. The fraction of sp³-hybridized carbons (Fsp3) is 0.538. The topological polar surface area (TPSA) is 80.7 Å². The number of nitrogens with zero attached hydrogens (tertiary/aromatic N) is 1. The largest absolute Gasteiger partial charge is 1.00 e. The van der Waals surface area contributed by atoms with Gasteiger partial charge in [0.15, 0.2) is 0 Å². The molecule has 1 amide bonds. The van der Waals surface area contributed by atoms with E-state index in [0.717, 1.165) is 12.8 Å². The molecule has 4 atom stereocenters. The predicted molar refractivity (Wildman–Crippen MR) is 59.7 cm³/mol. The number of amides is 1. The van der Waals surface area contributed by atoms with E-state index in [2.05, 4.69) is 0 Å². The van der Waals surface area contributed by atoms with E-state index >= 15 is 0 Å². The number of carboxylic acid groups (broad SMARTS) is 1. The molecule has 2 heterocycles. The summed E-state index contributed by atoms with van der Waals surface area (Å²) in [5.41, 5.74) is 0.686. The van der Waals surface area contributed by atoms with E-state index in [0.29, 0.717) is 5.57 Å². The van der Waals surface area contributed by atoms with Crippen LogP contribution >= 0.6 is 0 Å². The summed E-state index contributed by atoms with van der Waals surface area (Å²) in [5.74, 6) is -2.06. The Labute approximate surface area is 133 Å². The van der Waals surface area contributed by atoms with Crippen LogP contribution in [0.15, 0.2) is 23.4 Å². The van der Waals surface area contributed by atoms with Gasteiger partial charge in [-0.05, 0) is 25.3 Å². The number of rotatable bonds is 2. The maximum Gasteiger partial charge on any atom is 1.00 e. The van der Waals surface area contributed by atoms with Gasteiger partial charge in [0.2, 0.25) is 5.91 Å². The molecule has 3 rings (SSSR count). The minimum atomic E-state index is -1.30. The van der Waals surface area contributed by atoms with Crippen LogP contribution in [0, 0.1) is 11.8 Å². The van der Waals surface area contributed by atoms with Crippen molar-refractivity contribution >= 4 is 11.9 Å². The second kappa shape index (κ2) is 5.05. The van der Waals surface area contributed by atoms with E-state index in [1.165, 1.54) is 4.90 Å². The molecule has 0 radical (unpaired) electrons. The van der Waals surface area contributed by atoms with Crippen LogP contribution < -0.4 is 34.7 Å². The van der Waals surface area contributed by atoms with Crippen molar-refractivity contribution in [2.45, 2.75) is 31.9 Å². The van der Waals surface area contributed by atoms with Crippen LogP contribution in [0.3, 0.4) is 0 Å². The van der Waals surface area contributed by atoms with Gasteiger partial charge in [-0.25, -0.2) is 0 Å². The first kappa shape index (κ1) is 14.8. The van der Waals surface area contributed by atoms with Crippen molar-refractivity contribution in [1.29, 1.82) is 0 Å². The molecule has 1 saturated heterocycles. The molecule has 0 unspecified atom stereocenters. The first-order chi connectivity index (χ1) is 8.54. The zero-order valence-corrected chi connectivity index (χ0v) is 13.0. The van der Waals surface area contributed by atoms with Crippen molar-refractivity contribution < 1.29 is 49.4 Å². The number of β-lactam (4-membered cyclic amide) rings is 1. The molecule has 1 aliphatic carbocycles. The molecule has 3 aliphatic rings. The predicted octanol–water partition coefficient (Wildman–Crippen LogP) is -3.82. The maximum absolute atomic E-state index is 12.0. The van der Waals surface area contributed by atoms with Crippen LogP contribution in [0.5, 0.6) is 0 Å². The second-order valence-corrected chi connectivity index (χ2v) is 5.14. The van der Waals surface area contributed by atoms with Crippen molar-refractivity contribution in [1.82, 2.24) is 4.90 Å². The van der Waals surface area contributed by atoms with Crippen LogP contribution in [0.1, 0.15) is 19.8 Å². The van der Waals surface area contributed by atoms with E-state index in [-0.39, 0.29) is 53.1 Å². The fourth-order valence-electron chi connectivity index (χ4n) is 3.44. The van der Waals surface area contributed by atoms with E-state index in [1.54, 1.807) is 13.0 Å². The number of fused-ring (bicyclic) bond motifs is 3. The summed E-state index contributed by atoms with van der Waals surface area (Å²) in [6.45, 7) is 1.58. The molecule has 96 valence electrons. The third-order valence-corrected chi connectivity index (χ3v) is 4.17. The molecule has 6 heteroatoms. The van der Waals surface area contributed by atoms with Gasteiger partial charge < -0.3 is 19.9 Å². The molecule has 0 aromatic carbocycles. The molecule has 1 N–H and O–H groups in total. The molecule has 5 nitrogen and oxygen atoms in total. The monoisotopic (exact) mass is 271 g/mol. The number of allylic oxidation sites excluding steroid dienone is 2. The van der Waals surface area contributed by atoms with Gasteiger partial charge in [0, 0.05) is 5.92 Å². The van der Waals surface area contributed by atoms with Crippen molar-refractivity contribution in [3.05, 3.63) is 23.4 Å². The summed E-state index contributed by atoms with van der Waals surface area (Å²) in [6, 6.07) is -0.203. The van der Waals surface area contributed by atoms with Crippen molar-refractivity contribution in [2.24, 2.45) is 11.8 Å². The molecule has 1 fully saturated rings. The molecule has 0 spiro atoms. The normalized spacial score (nSPS) is 33.3. The average molecular weight is 271 g/mol. The zero-order valence-electron chi connectivity index (χ0n) is 11.0. The Hall–Kier alpha value is -0.620. The SMILES string of the molecule is C[C@@H](O)[C@H]1C(=O)N2C(C(=O)[O-])=C3C=CCC[C@H]3[C@H]12.[Na+]. The van der Waals surface area contributed by atoms with Gasteiger partial charge in [0.25, 0.3) is 0 Å². The van der Waals surface area contributed by atoms with Crippen LogP contribution in [0.4, 0.5) is 0 Å². The first-order valence-corrected chi connectivity index (χ1v) is 6.17. The van der Waals surface area contributed by atoms with Crippen molar-refractivity contribution in [3.63, 3.8) is 0 Å². The average Bonchev–Trinajstić information content (AvgIpc) is 2.60. The summed E-state index contributed by atoms with van der Waals surface area (Å²) in [4.78, 5) is 24.5. The number of hydrogen-bond acceptors (Lipinski definition) is 4. The summed E-state index contributed by atoms with van der Waals surface area (Å²) in [6.07, 6.45) is 4.65. The Balaban J connectivity index is 0.00000133. The van der Waals surface area contributed by atoms with E-state index in [1.807, 2.05) is 6.08 Å². The van der Waals surface area contributed by atoms with Gasteiger partial charge >= 0.3 is 29.6 Å². The first-order valence-electron chi connectivity index (χ1n) is 6.17. The van der Waals surface area contributed by atoms with Crippen molar-refractivity contribution in [3.8, 4) is 0 Å². The number of aliphatic hydroxyl groups excluding tert-OH is 1. The quantitative estimate of drug-likeness (QED) is 0.412. The zero-order chi connectivity index (χ0) is 13.0. The summed E-state index contributed by atoms with van der Waals surface area (Å²) in [7, 11) is 0. The van der Waals surface area contributed by atoms with E-state index in [4.69, 9.17) is 0 Å². The Morgan fingerprint density at radius 3 is 2.84 bits per heavy atom. The number of aliphatic hydroxyl groups is 1. The fourth-order valence-corrected chi connectivity index (χ4v) is 3.44. The van der Waals surface area contributed by atoms with Gasteiger partial charge in [-0.1, -0.05) is 12.2 Å². The molecule has 2 aliphatic heterocycles. The van der Waals surface area contributed by atoms with Gasteiger partial charge in [0.05, 0.1) is 29.7 Å². The van der Waals surface area contributed by atoms with Gasteiger partial charge in [-0.15, -0.1) is 0 Å². The Morgan fingerprint density at radius 2 is 2.26 bits per heavy atom. The van der Waals surface area contributed by atoms with Crippen LogP contribution in [-0.4, -0.2) is 34.0 Å². The summed E-state index contributed by atoms with van der Waals surface area (Å²) in [5, 5.41) is 20.9.